The first-order valence-electron chi connectivity index (χ1n) is 4.16. The van der Waals surface area contributed by atoms with Gasteiger partial charge < -0.3 is 14.2 Å². The summed E-state index contributed by atoms with van der Waals surface area (Å²) in [5.41, 5.74) is 0. The smallest absolute Gasteiger partial charge is 0.148 e. The van der Waals surface area contributed by atoms with E-state index in [-0.39, 0.29) is 24.4 Å². The van der Waals surface area contributed by atoms with Crippen LogP contribution in [0, 0.1) is 24.7 Å². The molecule has 0 saturated carbocycles. The molecule has 0 radical (unpaired) electrons. The molecule has 68 valence electrons. The number of epoxide rings is 2. The van der Waals surface area contributed by atoms with Gasteiger partial charge in [0.15, 0.2) is 0 Å². The molecule has 2 aliphatic heterocycles. The number of rotatable bonds is 4. The Bertz CT molecular complexity index is 237. The fourth-order valence-corrected chi connectivity index (χ4v) is 1.09. The lowest BCUT2D eigenvalue weighted by Gasteiger charge is -2.13. The van der Waals surface area contributed by atoms with Crippen LogP contribution in [0.4, 0.5) is 0 Å². The Labute approximate surface area is 77.4 Å². The number of hydrogen-bond donors (Lipinski definition) is 0. The van der Waals surface area contributed by atoms with Crippen LogP contribution in [0.2, 0.25) is 0 Å². The standard InChI is InChI=1S/C10H10O3/c1-3-7(9-5-11-9)13-8(4-2)10-6-12-10/h1-2,7-10H,5-6H2. The lowest BCUT2D eigenvalue weighted by atomic mass is 10.2. The van der Waals surface area contributed by atoms with Gasteiger partial charge in [0, 0.05) is 0 Å². The maximum absolute atomic E-state index is 5.47. The van der Waals surface area contributed by atoms with Gasteiger partial charge >= 0.3 is 0 Å². The van der Waals surface area contributed by atoms with Crippen LogP contribution in [-0.2, 0) is 14.2 Å². The van der Waals surface area contributed by atoms with Crippen LogP contribution < -0.4 is 0 Å². The van der Waals surface area contributed by atoms with Crippen LogP contribution in [0.15, 0.2) is 0 Å². The van der Waals surface area contributed by atoms with E-state index in [2.05, 4.69) is 11.8 Å². The van der Waals surface area contributed by atoms with E-state index in [1.54, 1.807) is 0 Å². The van der Waals surface area contributed by atoms with Crippen molar-refractivity contribution in [1.82, 2.24) is 0 Å². The highest BCUT2D eigenvalue weighted by Crippen LogP contribution is 2.22. The van der Waals surface area contributed by atoms with Crippen LogP contribution in [0.5, 0.6) is 0 Å². The largest absolute Gasteiger partial charge is 0.369 e. The van der Waals surface area contributed by atoms with Gasteiger partial charge in [-0.3, -0.25) is 0 Å². The second-order valence-corrected chi connectivity index (χ2v) is 3.05. The van der Waals surface area contributed by atoms with Crippen molar-refractivity contribution in [3.63, 3.8) is 0 Å². The zero-order valence-electron chi connectivity index (χ0n) is 7.10. The molecule has 4 atom stereocenters. The summed E-state index contributed by atoms with van der Waals surface area (Å²) in [6, 6.07) is 0. The Balaban J connectivity index is 1.86. The zero-order valence-corrected chi connectivity index (χ0v) is 7.10. The average Bonchev–Trinajstić information content (AvgIpc) is 2.99. The molecule has 4 unspecified atom stereocenters. The van der Waals surface area contributed by atoms with E-state index in [1.165, 1.54) is 0 Å². The molecule has 2 aliphatic rings. The number of ether oxygens (including phenoxy) is 3. The van der Waals surface area contributed by atoms with Gasteiger partial charge in [-0.2, -0.15) is 0 Å². The molecule has 0 aromatic heterocycles. The van der Waals surface area contributed by atoms with Crippen molar-refractivity contribution in [2.24, 2.45) is 0 Å². The van der Waals surface area contributed by atoms with Gasteiger partial charge in [-0.1, -0.05) is 11.8 Å². The molecule has 0 aromatic rings. The fourth-order valence-electron chi connectivity index (χ4n) is 1.09. The third kappa shape index (κ3) is 2.02. The Morgan fingerprint density at radius 1 is 1.08 bits per heavy atom. The number of terminal acetylenes is 2. The molecule has 0 bridgehead atoms. The van der Waals surface area contributed by atoms with Crippen molar-refractivity contribution in [2.45, 2.75) is 24.4 Å². The zero-order chi connectivity index (χ0) is 9.26. The van der Waals surface area contributed by atoms with E-state index in [9.17, 15) is 0 Å². The minimum Gasteiger partial charge on any atom is -0.369 e. The first-order chi connectivity index (χ1) is 6.35. The summed E-state index contributed by atoms with van der Waals surface area (Å²) in [6.45, 7) is 1.33. The molecule has 2 heterocycles. The molecular formula is C10H10O3. The second-order valence-electron chi connectivity index (χ2n) is 3.05. The lowest BCUT2D eigenvalue weighted by Crippen LogP contribution is -2.28. The monoisotopic (exact) mass is 178 g/mol. The minimum atomic E-state index is -0.328. The molecular weight excluding hydrogens is 168 g/mol. The Morgan fingerprint density at radius 2 is 1.46 bits per heavy atom. The van der Waals surface area contributed by atoms with E-state index < -0.39 is 0 Å². The molecule has 13 heavy (non-hydrogen) atoms. The summed E-state index contributed by atoms with van der Waals surface area (Å²) in [5.74, 6) is 5.03. The molecule has 0 amide bonds. The van der Waals surface area contributed by atoms with Gasteiger partial charge in [0.2, 0.25) is 0 Å². The van der Waals surface area contributed by atoms with E-state index >= 15 is 0 Å². The molecule has 2 saturated heterocycles. The maximum Gasteiger partial charge on any atom is 0.148 e. The second kappa shape index (κ2) is 3.40. The van der Waals surface area contributed by atoms with Gasteiger partial charge in [0.05, 0.1) is 13.2 Å². The topological polar surface area (TPSA) is 34.3 Å². The summed E-state index contributed by atoms with van der Waals surface area (Å²) in [6.07, 6.45) is 9.94. The average molecular weight is 178 g/mol. The summed E-state index contributed by atoms with van der Waals surface area (Å²) in [5, 5.41) is 0. The van der Waals surface area contributed by atoms with Crippen LogP contribution in [-0.4, -0.2) is 37.6 Å². The SMILES string of the molecule is C#CC(OC(C#C)C1CO1)C1CO1. The summed E-state index contributed by atoms with van der Waals surface area (Å²) >= 11 is 0. The summed E-state index contributed by atoms with van der Waals surface area (Å²) in [4.78, 5) is 0. The quantitative estimate of drug-likeness (QED) is 0.442. The van der Waals surface area contributed by atoms with E-state index in [1.807, 2.05) is 0 Å². The van der Waals surface area contributed by atoms with Crippen LogP contribution in [0.1, 0.15) is 0 Å². The number of hydrogen-bond acceptors (Lipinski definition) is 3. The predicted molar refractivity (Wildman–Crippen MR) is 45.8 cm³/mol. The van der Waals surface area contributed by atoms with Gasteiger partial charge in [0.1, 0.15) is 24.4 Å². The highest BCUT2D eigenvalue weighted by Gasteiger charge is 2.39. The lowest BCUT2D eigenvalue weighted by molar-refractivity contribution is 0.0219. The molecule has 2 fully saturated rings. The fraction of sp³-hybridized carbons (Fsp3) is 0.600. The Morgan fingerprint density at radius 3 is 1.69 bits per heavy atom. The highest BCUT2D eigenvalue weighted by atomic mass is 16.6. The van der Waals surface area contributed by atoms with Crippen LogP contribution >= 0.6 is 0 Å². The summed E-state index contributed by atoms with van der Waals surface area (Å²) in [7, 11) is 0. The molecule has 3 nitrogen and oxygen atoms in total. The van der Waals surface area contributed by atoms with Crippen LogP contribution in [0.3, 0.4) is 0 Å². The summed E-state index contributed by atoms with van der Waals surface area (Å²) < 4.78 is 15.5. The van der Waals surface area contributed by atoms with Gasteiger partial charge in [0.25, 0.3) is 0 Å². The van der Waals surface area contributed by atoms with Crippen molar-refractivity contribution in [2.75, 3.05) is 13.2 Å². The van der Waals surface area contributed by atoms with Crippen LogP contribution in [0.25, 0.3) is 0 Å². The van der Waals surface area contributed by atoms with Gasteiger partial charge in [-0.15, -0.1) is 12.8 Å². The Hall–Kier alpha value is -1.00. The third-order valence-corrected chi connectivity index (χ3v) is 2.02. The van der Waals surface area contributed by atoms with Crippen molar-refractivity contribution in [1.29, 1.82) is 0 Å². The Kier molecular flexibility index (Phi) is 2.24. The van der Waals surface area contributed by atoms with Crippen molar-refractivity contribution in [3.8, 4) is 24.7 Å². The molecule has 0 N–H and O–H groups in total. The third-order valence-electron chi connectivity index (χ3n) is 2.02. The minimum absolute atomic E-state index is 0.0274. The molecule has 2 rings (SSSR count). The molecule has 0 aromatic carbocycles. The maximum atomic E-state index is 5.47. The van der Waals surface area contributed by atoms with E-state index in [4.69, 9.17) is 27.1 Å². The van der Waals surface area contributed by atoms with Gasteiger partial charge in [-0.05, 0) is 0 Å². The first kappa shape index (κ1) is 8.59. The van der Waals surface area contributed by atoms with Crippen molar-refractivity contribution in [3.05, 3.63) is 0 Å². The van der Waals surface area contributed by atoms with Crippen molar-refractivity contribution < 1.29 is 14.2 Å². The molecule has 0 aliphatic carbocycles. The highest BCUT2D eigenvalue weighted by molar-refractivity contribution is 5.09. The normalized spacial score (nSPS) is 34.0. The van der Waals surface area contributed by atoms with Crippen molar-refractivity contribution >= 4 is 0 Å². The van der Waals surface area contributed by atoms with E-state index in [0.29, 0.717) is 13.2 Å². The molecule has 0 spiro atoms. The molecule has 3 heteroatoms. The van der Waals surface area contributed by atoms with E-state index in [0.717, 1.165) is 0 Å². The van der Waals surface area contributed by atoms with Gasteiger partial charge in [-0.25, -0.2) is 0 Å². The predicted octanol–water partition coefficient (Wildman–Crippen LogP) is -0.196. The first-order valence-corrected chi connectivity index (χ1v) is 4.16.